The Labute approximate surface area is 207 Å². The van der Waals surface area contributed by atoms with Crippen molar-refractivity contribution >= 4 is 35.2 Å². The van der Waals surface area contributed by atoms with Gasteiger partial charge in [-0.15, -0.1) is 0 Å². The molecule has 3 aliphatic rings. The number of hydrogen-bond donors (Lipinski definition) is 0. The number of carbonyl (C=O) groups is 2. The maximum Gasteiger partial charge on any atom is 0.410 e. The Morgan fingerprint density at radius 3 is 2.27 bits per heavy atom. The van der Waals surface area contributed by atoms with Gasteiger partial charge in [-0.2, -0.15) is 0 Å². The lowest BCUT2D eigenvalue weighted by molar-refractivity contribution is -0.142. The van der Waals surface area contributed by atoms with Crippen LogP contribution < -0.4 is 0 Å². The van der Waals surface area contributed by atoms with Crippen molar-refractivity contribution in [1.29, 1.82) is 0 Å². The Balaban J connectivity index is 1.59. The third-order valence-electron chi connectivity index (χ3n) is 7.03. The number of likely N-dealkylation sites (tertiary alicyclic amines) is 1. The van der Waals surface area contributed by atoms with Gasteiger partial charge >= 0.3 is 6.09 Å². The third kappa shape index (κ3) is 5.60. The topological polar surface area (TPSA) is 53.1 Å². The Morgan fingerprint density at radius 2 is 1.61 bits per heavy atom. The number of halogens is 2. The van der Waals surface area contributed by atoms with Crippen molar-refractivity contribution in [3.8, 4) is 0 Å². The second kappa shape index (κ2) is 10.0. The second-order valence-corrected chi connectivity index (χ2v) is 11.3. The quantitative estimate of drug-likeness (QED) is 0.591. The van der Waals surface area contributed by atoms with Gasteiger partial charge in [-0.1, -0.05) is 29.3 Å². The molecule has 6 nitrogen and oxygen atoms in total. The van der Waals surface area contributed by atoms with Gasteiger partial charge in [-0.05, 0) is 83.7 Å². The van der Waals surface area contributed by atoms with Gasteiger partial charge in [0.1, 0.15) is 5.60 Å². The summed E-state index contributed by atoms with van der Waals surface area (Å²) in [6.07, 6.45) is 5.40. The van der Waals surface area contributed by atoms with E-state index < -0.39 is 5.60 Å². The lowest BCUT2D eigenvalue weighted by atomic mass is 9.81. The largest absolute Gasteiger partial charge is 0.444 e. The molecule has 4 rings (SSSR count). The van der Waals surface area contributed by atoms with Gasteiger partial charge in [0, 0.05) is 19.1 Å². The lowest BCUT2D eigenvalue weighted by Gasteiger charge is -2.54. The van der Waals surface area contributed by atoms with Gasteiger partial charge in [-0.3, -0.25) is 9.69 Å². The van der Waals surface area contributed by atoms with Crippen LogP contribution in [0.5, 0.6) is 0 Å². The summed E-state index contributed by atoms with van der Waals surface area (Å²) in [6, 6.07) is 5.60. The highest BCUT2D eigenvalue weighted by atomic mass is 35.5. The summed E-state index contributed by atoms with van der Waals surface area (Å²) < 4.78 is 5.75. The van der Waals surface area contributed by atoms with Crippen LogP contribution in [0.2, 0.25) is 10.0 Å². The first-order valence-corrected chi connectivity index (χ1v) is 12.9. The molecular weight excluding hydrogens is 461 g/mol. The van der Waals surface area contributed by atoms with E-state index in [9.17, 15) is 9.59 Å². The highest BCUT2D eigenvalue weighted by molar-refractivity contribution is 6.42. The highest BCUT2D eigenvalue weighted by Crippen LogP contribution is 2.36. The van der Waals surface area contributed by atoms with Crippen LogP contribution in [0.4, 0.5) is 4.79 Å². The molecule has 0 spiro atoms. The van der Waals surface area contributed by atoms with E-state index in [0.29, 0.717) is 23.1 Å². The minimum absolute atomic E-state index is 0.0200. The number of benzene rings is 1. The molecule has 0 bridgehead atoms. The zero-order chi connectivity index (χ0) is 23.8. The Bertz CT molecular complexity index is 882. The highest BCUT2D eigenvalue weighted by Gasteiger charge is 2.49. The molecule has 1 aromatic carbocycles. The molecule has 0 unspecified atom stereocenters. The third-order valence-corrected chi connectivity index (χ3v) is 7.77. The van der Waals surface area contributed by atoms with Crippen LogP contribution >= 0.6 is 23.2 Å². The van der Waals surface area contributed by atoms with E-state index in [1.807, 2.05) is 36.6 Å². The van der Waals surface area contributed by atoms with E-state index in [2.05, 4.69) is 4.90 Å². The predicted molar refractivity (Wildman–Crippen MR) is 131 cm³/mol. The van der Waals surface area contributed by atoms with Crippen LogP contribution in [-0.4, -0.2) is 76.6 Å². The molecule has 0 aromatic heterocycles. The number of carbonyl (C=O) groups excluding carboxylic acids is 2. The van der Waals surface area contributed by atoms with Crippen LogP contribution in [0.15, 0.2) is 18.2 Å². The maximum absolute atomic E-state index is 13.6. The van der Waals surface area contributed by atoms with Crippen molar-refractivity contribution in [3.05, 3.63) is 33.8 Å². The first-order valence-electron chi connectivity index (χ1n) is 12.1. The summed E-state index contributed by atoms with van der Waals surface area (Å²) in [6.45, 7) is 8.83. The number of nitrogens with zero attached hydrogens (tertiary/aromatic N) is 3. The summed E-state index contributed by atoms with van der Waals surface area (Å²) >= 11 is 12.2. The molecule has 3 fully saturated rings. The fourth-order valence-electron chi connectivity index (χ4n) is 5.66. The van der Waals surface area contributed by atoms with Gasteiger partial charge in [0.05, 0.1) is 28.5 Å². The average Bonchev–Trinajstić information content (AvgIpc) is 3.28. The van der Waals surface area contributed by atoms with Crippen LogP contribution in [0.3, 0.4) is 0 Å². The van der Waals surface area contributed by atoms with E-state index in [1.54, 1.807) is 12.1 Å². The minimum Gasteiger partial charge on any atom is -0.444 e. The number of piperazine rings is 1. The molecular formula is C25H35Cl2N3O3. The fraction of sp³-hybridized carbons (Fsp3) is 0.680. The number of fused-ring (bicyclic) bond motifs is 1. The Kier molecular flexibility index (Phi) is 7.47. The van der Waals surface area contributed by atoms with Crippen molar-refractivity contribution in [2.45, 2.75) is 83.0 Å². The van der Waals surface area contributed by atoms with E-state index >= 15 is 0 Å². The van der Waals surface area contributed by atoms with Crippen LogP contribution in [-0.2, 0) is 16.0 Å². The summed E-state index contributed by atoms with van der Waals surface area (Å²) in [7, 11) is 0. The van der Waals surface area contributed by atoms with Crippen molar-refractivity contribution in [3.63, 3.8) is 0 Å². The molecule has 2 amide bonds. The lowest BCUT2D eigenvalue weighted by Crippen LogP contribution is -2.69. The maximum atomic E-state index is 13.6. The number of ether oxygens (including phenoxy) is 1. The molecule has 2 saturated heterocycles. The summed E-state index contributed by atoms with van der Waals surface area (Å²) in [4.78, 5) is 33.1. The number of amides is 2. The zero-order valence-electron chi connectivity index (χ0n) is 19.9. The summed E-state index contributed by atoms with van der Waals surface area (Å²) in [5, 5.41) is 0.947. The van der Waals surface area contributed by atoms with Gasteiger partial charge < -0.3 is 14.5 Å². The summed E-state index contributed by atoms with van der Waals surface area (Å²) in [5.41, 5.74) is 0.310. The van der Waals surface area contributed by atoms with E-state index in [1.165, 1.54) is 12.8 Å². The average molecular weight is 496 g/mol. The van der Waals surface area contributed by atoms with Crippen LogP contribution in [0, 0.1) is 0 Å². The van der Waals surface area contributed by atoms with Gasteiger partial charge in [0.15, 0.2) is 0 Å². The van der Waals surface area contributed by atoms with E-state index in [-0.39, 0.29) is 36.5 Å². The van der Waals surface area contributed by atoms with Gasteiger partial charge in [0.25, 0.3) is 0 Å². The first kappa shape index (κ1) is 24.6. The number of hydrogen-bond acceptors (Lipinski definition) is 4. The molecule has 2 aliphatic heterocycles. The number of rotatable bonds is 3. The monoisotopic (exact) mass is 495 g/mol. The smallest absolute Gasteiger partial charge is 0.410 e. The molecule has 0 N–H and O–H groups in total. The van der Waals surface area contributed by atoms with Crippen molar-refractivity contribution in [2.75, 3.05) is 26.2 Å². The minimum atomic E-state index is -0.545. The Hall–Kier alpha value is -1.50. The molecule has 182 valence electrons. The molecule has 1 aromatic rings. The molecule has 1 saturated carbocycles. The van der Waals surface area contributed by atoms with Crippen LogP contribution in [0.1, 0.15) is 58.4 Å². The van der Waals surface area contributed by atoms with Crippen molar-refractivity contribution < 1.29 is 14.3 Å². The van der Waals surface area contributed by atoms with Gasteiger partial charge in [0.2, 0.25) is 5.91 Å². The fourth-order valence-corrected chi connectivity index (χ4v) is 5.98. The summed E-state index contributed by atoms with van der Waals surface area (Å²) in [5.74, 6) is 0.0818. The van der Waals surface area contributed by atoms with Crippen molar-refractivity contribution in [1.82, 2.24) is 14.7 Å². The SMILES string of the molecule is CC(C)(C)OC(=O)N1CCN(C(=O)Cc2ccc(Cl)c(Cl)c2)[C@H]2[C@H](N3CCCC3)CCC[C@H]21. The molecule has 2 heterocycles. The first-order chi connectivity index (χ1) is 15.6. The standard InChI is InChI=1S/C25H35Cl2N3O3/c1-25(2,3)33-24(32)29-13-14-30(22(31)16-17-9-10-18(26)19(27)15-17)23-20(7-6-8-21(23)29)28-11-4-5-12-28/h9-10,15,20-21,23H,4-8,11-14,16H2,1-3H3/t20-,21-,23+/m1/s1. The molecule has 0 radical (unpaired) electrons. The normalized spacial score (nSPS) is 26.3. The molecule has 3 atom stereocenters. The van der Waals surface area contributed by atoms with Crippen LogP contribution in [0.25, 0.3) is 0 Å². The predicted octanol–water partition coefficient (Wildman–Crippen LogP) is 5.00. The molecule has 1 aliphatic carbocycles. The van der Waals surface area contributed by atoms with E-state index in [0.717, 1.165) is 37.9 Å². The Morgan fingerprint density at radius 1 is 0.939 bits per heavy atom. The van der Waals surface area contributed by atoms with Crippen molar-refractivity contribution in [2.24, 2.45) is 0 Å². The van der Waals surface area contributed by atoms with Gasteiger partial charge in [-0.25, -0.2) is 4.79 Å². The zero-order valence-corrected chi connectivity index (χ0v) is 21.4. The molecule has 33 heavy (non-hydrogen) atoms. The second-order valence-electron chi connectivity index (χ2n) is 10.5. The van der Waals surface area contributed by atoms with E-state index in [4.69, 9.17) is 27.9 Å². The molecule has 8 heteroatoms.